The van der Waals surface area contributed by atoms with Crippen molar-refractivity contribution < 1.29 is 14.4 Å². The van der Waals surface area contributed by atoms with Crippen molar-refractivity contribution in [2.24, 2.45) is 5.92 Å². The van der Waals surface area contributed by atoms with Crippen LogP contribution in [0.1, 0.15) is 19.4 Å². The van der Waals surface area contributed by atoms with Crippen LogP contribution in [0.25, 0.3) is 10.9 Å². The third-order valence-electron chi connectivity index (χ3n) is 4.22. The maximum Gasteiger partial charge on any atom is 0.325 e. The zero-order valence-corrected chi connectivity index (χ0v) is 14.3. The van der Waals surface area contributed by atoms with Crippen molar-refractivity contribution in [3.63, 3.8) is 0 Å². The van der Waals surface area contributed by atoms with Crippen molar-refractivity contribution in [1.29, 1.82) is 0 Å². The van der Waals surface area contributed by atoms with Gasteiger partial charge < -0.3 is 15.6 Å². The Bertz CT molecular complexity index is 812. The third-order valence-corrected chi connectivity index (χ3v) is 4.22. The number of nitrogens with one attached hydrogen (secondary N) is 3. The highest BCUT2D eigenvalue weighted by molar-refractivity contribution is 6.06. The number of carbonyl (C=O) groups excluding carboxylic acids is 3. The van der Waals surface area contributed by atoms with E-state index in [2.05, 4.69) is 15.6 Å². The molecule has 0 aliphatic carbocycles. The average Bonchev–Trinajstić information content (AvgIpc) is 3.10. The number of hydrogen-bond donors (Lipinski definition) is 3. The average molecular weight is 342 g/mol. The molecule has 0 radical (unpaired) electrons. The van der Waals surface area contributed by atoms with E-state index >= 15 is 0 Å². The molecule has 7 nitrogen and oxygen atoms in total. The van der Waals surface area contributed by atoms with Gasteiger partial charge in [0.05, 0.1) is 0 Å². The lowest BCUT2D eigenvalue weighted by atomic mass is 10.1. The molecule has 0 bridgehead atoms. The van der Waals surface area contributed by atoms with Crippen LogP contribution in [-0.4, -0.2) is 46.9 Å². The van der Waals surface area contributed by atoms with Crippen LogP contribution in [0.2, 0.25) is 0 Å². The highest BCUT2D eigenvalue weighted by Crippen LogP contribution is 2.21. The quantitative estimate of drug-likeness (QED) is 0.693. The summed E-state index contributed by atoms with van der Waals surface area (Å²) in [6.07, 6.45) is 2.24. The number of H-pyrrole nitrogens is 1. The number of fused-ring (bicyclic) bond motifs is 1. The Balaban J connectivity index is 1.66. The van der Waals surface area contributed by atoms with E-state index in [0.29, 0.717) is 18.9 Å². The van der Waals surface area contributed by atoms with Crippen LogP contribution in [0.15, 0.2) is 30.5 Å². The smallest absolute Gasteiger partial charge is 0.325 e. The van der Waals surface area contributed by atoms with Gasteiger partial charge in [-0.15, -0.1) is 0 Å². The van der Waals surface area contributed by atoms with Crippen LogP contribution in [0.5, 0.6) is 0 Å². The molecule has 0 saturated carbocycles. The normalized spacial score (nSPS) is 17.4. The lowest BCUT2D eigenvalue weighted by Gasteiger charge is -2.13. The van der Waals surface area contributed by atoms with Crippen LogP contribution in [0.4, 0.5) is 4.79 Å². The van der Waals surface area contributed by atoms with Crippen molar-refractivity contribution in [3.8, 4) is 0 Å². The molecule has 1 aromatic heterocycles. The summed E-state index contributed by atoms with van der Waals surface area (Å²) < 4.78 is 0. The zero-order valence-electron chi connectivity index (χ0n) is 14.3. The molecule has 25 heavy (non-hydrogen) atoms. The molecule has 1 saturated heterocycles. The van der Waals surface area contributed by atoms with Crippen molar-refractivity contribution in [3.05, 3.63) is 36.0 Å². The predicted molar refractivity (Wildman–Crippen MR) is 93.9 cm³/mol. The van der Waals surface area contributed by atoms with Gasteiger partial charge in [-0.05, 0) is 17.5 Å². The van der Waals surface area contributed by atoms with Gasteiger partial charge in [0.25, 0.3) is 5.91 Å². The molecule has 1 fully saturated rings. The molecule has 2 heterocycles. The van der Waals surface area contributed by atoms with E-state index in [1.165, 1.54) is 0 Å². The number of nitrogens with zero attached hydrogens (tertiary/aromatic N) is 1. The highest BCUT2D eigenvalue weighted by atomic mass is 16.2. The van der Waals surface area contributed by atoms with Gasteiger partial charge in [0, 0.05) is 30.1 Å². The first-order valence-corrected chi connectivity index (χ1v) is 8.39. The molecule has 1 aliphatic heterocycles. The summed E-state index contributed by atoms with van der Waals surface area (Å²) in [6, 6.07) is 6.63. The zero-order chi connectivity index (χ0) is 18.0. The molecule has 0 spiro atoms. The summed E-state index contributed by atoms with van der Waals surface area (Å²) >= 11 is 0. The minimum absolute atomic E-state index is 0.248. The molecule has 132 valence electrons. The Morgan fingerprint density at radius 1 is 1.28 bits per heavy atom. The topological polar surface area (TPSA) is 94.3 Å². The molecule has 3 N–H and O–H groups in total. The van der Waals surface area contributed by atoms with Gasteiger partial charge >= 0.3 is 6.03 Å². The number of benzene rings is 1. The van der Waals surface area contributed by atoms with Gasteiger partial charge in [0.1, 0.15) is 12.6 Å². The van der Waals surface area contributed by atoms with Gasteiger partial charge in [-0.25, -0.2) is 4.79 Å². The lowest BCUT2D eigenvalue weighted by molar-refractivity contribution is -0.132. The third kappa shape index (κ3) is 3.65. The fraction of sp³-hybridized carbons (Fsp3) is 0.389. The minimum Gasteiger partial charge on any atom is -0.361 e. The minimum atomic E-state index is -0.649. The number of rotatable bonds is 6. The maximum absolute atomic E-state index is 12.5. The molecule has 7 heteroatoms. The van der Waals surface area contributed by atoms with E-state index in [9.17, 15) is 14.4 Å². The summed E-state index contributed by atoms with van der Waals surface area (Å²) in [4.78, 5) is 40.6. The van der Waals surface area contributed by atoms with E-state index < -0.39 is 12.1 Å². The van der Waals surface area contributed by atoms with Crippen LogP contribution < -0.4 is 10.6 Å². The van der Waals surface area contributed by atoms with Gasteiger partial charge in [-0.1, -0.05) is 32.0 Å². The number of aromatic amines is 1. The Morgan fingerprint density at radius 2 is 2.04 bits per heavy atom. The van der Waals surface area contributed by atoms with Gasteiger partial charge in [-0.3, -0.25) is 14.5 Å². The second-order valence-corrected chi connectivity index (χ2v) is 6.69. The fourth-order valence-electron chi connectivity index (χ4n) is 2.90. The summed E-state index contributed by atoms with van der Waals surface area (Å²) in [5, 5.41) is 6.41. The number of aromatic nitrogens is 1. The number of amides is 4. The van der Waals surface area contributed by atoms with Crippen LogP contribution in [-0.2, 0) is 16.0 Å². The van der Waals surface area contributed by atoms with Gasteiger partial charge in [-0.2, -0.15) is 0 Å². The summed E-state index contributed by atoms with van der Waals surface area (Å²) in [7, 11) is 0. The van der Waals surface area contributed by atoms with Crippen molar-refractivity contribution in [2.75, 3.05) is 13.1 Å². The standard InChI is InChI=1S/C18H22N4O3/c1-11(2)8-20-16(23)10-22-17(24)15(21-18(22)25)7-12-9-19-14-6-4-3-5-13(12)14/h3-6,9,11,15,19H,7-8,10H2,1-2H3,(H,20,23)(H,21,25)/t15-/m1/s1. The predicted octanol–water partition coefficient (Wildman–Crippen LogP) is 1.40. The van der Waals surface area contributed by atoms with E-state index in [4.69, 9.17) is 0 Å². The van der Waals surface area contributed by atoms with E-state index in [1.54, 1.807) is 0 Å². The first kappa shape index (κ1) is 17.0. The molecule has 1 aliphatic rings. The molecular formula is C18H22N4O3. The fourth-order valence-corrected chi connectivity index (χ4v) is 2.90. The number of para-hydroxylation sites is 1. The number of urea groups is 1. The van der Waals surface area contributed by atoms with Crippen molar-refractivity contribution in [2.45, 2.75) is 26.3 Å². The molecule has 1 aromatic carbocycles. The summed E-state index contributed by atoms with van der Waals surface area (Å²) in [5.74, 6) is -0.387. The first-order chi connectivity index (χ1) is 12.0. The van der Waals surface area contributed by atoms with Gasteiger partial charge in [0.2, 0.25) is 5.91 Å². The molecule has 1 atom stereocenters. The number of carbonyl (C=O) groups is 3. The summed E-state index contributed by atoms with van der Waals surface area (Å²) in [6.45, 7) is 4.22. The number of imide groups is 1. The van der Waals surface area contributed by atoms with Crippen molar-refractivity contribution >= 4 is 28.7 Å². The Kier molecular flexibility index (Phi) is 4.74. The molecule has 2 aromatic rings. The van der Waals surface area contributed by atoms with E-state index in [-0.39, 0.29) is 18.4 Å². The Hall–Kier alpha value is -2.83. The maximum atomic E-state index is 12.5. The Morgan fingerprint density at radius 3 is 2.80 bits per heavy atom. The SMILES string of the molecule is CC(C)CNC(=O)CN1C(=O)N[C@H](Cc2c[nH]c3ccccc23)C1=O. The van der Waals surface area contributed by atoms with Crippen LogP contribution in [0.3, 0.4) is 0 Å². The second kappa shape index (κ2) is 6.96. The lowest BCUT2D eigenvalue weighted by Crippen LogP contribution is -2.42. The van der Waals surface area contributed by atoms with Gasteiger partial charge in [0.15, 0.2) is 0 Å². The van der Waals surface area contributed by atoms with Crippen molar-refractivity contribution in [1.82, 2.24) is 20.5 Å². The molecule has 4 amide bonds. The second-order valence-electron chi connectivity index (χ2n) is 6.69. The monoisotopic (exact) mass is 342 g/mol. The summed E-state index contributed by atoms with van der Waals surface area (Å²) in [5.41, 5.74) is 1.94. The Labute approximate surface area is 145 Å². The number of hydrogen-bond acceptors (Lipinski definition) is 3. The molecule has 0 unspecified atom stereocenters. The largest absolute Gasteiger partial charge is 0.361 e. The van der Waals surface area contributed by atoms with Crippen LogP contribution in [0, 0.1) is 5.92 Å². The molecule has 3 rings (SSSR count). The van der Waals surface area contributed by atoms with E-state index in [0.717, 1.165) is 21.4 Å². The molecular weight excluding hydrogens is 320 g/mol. The highest BCUT2D eigenvalue weighted by Gasteiger charge is 2.39. The first-order valence-electron chi connectivity index (χ1n) is 8.39. The van der Waals surface area contributed by atoms with Crippen LogP contribution >= 0.6 is 0 Å². The van der Waals surface area contributed by atoms with E-state index in [1.807, 2.05) is 44.3 Å².